The van der Waals surface area contributed by atoms with Crippen molar-refractivity contribution < 1.29 is 34.2 Å². The van der Waals surface area contributed by atoms with Crippen LogP contribution < -0.4 is 5.11 Å². The number of hydrogen-bond donors (Lipinski definition) is 2. The molecule has 0 heterocycles. The van der Waals surface area contributed by atoms with Crippen molar-refractivity contribution in [2.24, 2.45) is 17.8 Å². The van der Waals surface area contributed by atoms with Crippen molar-refractivity contribution in [1.29, 1.82) is 0 Å². The second kappa shape index (κ2) is 22.9. The Bertz CT molecular complexity index is 637. The topological polar surface area (TPSA) is 115 Å². The maximum absolute atomic E-state index is 11.6. The van der Waals surface area contributed by atoms with Gasteiger partial charge in [-0.3, -0.25) is 9.59 Å². The van der Waals surface area contributed by atoms with Gasteiger partial charge in [-0.1, -0.05) is 96.6 Å². The largest absolute Gasteiger partial charge is 0.550 e. The summed E-state index contributed by atoms with van der Waals surface area (Å²) >= 11 is 0. The third-order valence-electron chi connectivity index (χ3n) is 7.85. The fourth-order valence-corrected chi connectivity index (χ4v) is 5.53. The van der Waals surface area contributed by atoms with Gasteiger partial charge in [0, 0.05) is 11.9 Å². The van der Waals surface area contributed by atoms with Crippen LogP contribution in [0.4, 0.5) is 0 Å². The van der Waals surface area contributed by atoms with Gasteiger partial charge in [-0.25, -0.2) is 0 Å². The zero-order chi connectivity index (χ0) is 29.5. The van der Waals surface area contributed by atoms with Crippen LogP contribution in [-0.4, -0.2) is 58.8 Å². The lowest BCUT2D eigenvalue weighted by Crippen LogP contribution is -2.58. The van der Waals surface area contributed by atoms with Crippen LogP contribution >= 0.6 is 0 Å². The predicted molar refractivity (Wildman–Crippen MR) is 156 cm³/mol. The normalized spacial score (nSPS) is 15.6. The fourth-order valence-electron chi connectivity index (χ4n) is 5.53. The maximum atomic E-state index is 11.6. The Hall–Kier alpha value is -1.89. The highest BCUT2D eigenvalue weighted by atomic mass is 16.4. The Balaban J connectivity index is 4.35. The first-order chi connectivity index (χ1) is 18.5. The van der Waals surface area contributed by atoms with Crippen LogP contribution in [0, 0.1) is 17.8 Å². The van der Waals surface area contributed by atoms with E-state index < -0.39 is 35.7 Å². The molecule has 0 aromatic heterocycles. The molecule has 0 aliphatic heterocycles. The van der Waals surface area contributed by atoms with Crippen LogP contribution in [0.25, 0.3) is 0 Å². The summed E-state index contributed by atoms with van der Waals surface area (Å²) in [6.45, 7) is 8.21. The van der Waals surface area contributed by atoms with Crippen molar-refractivity contribution in [3.63, 3.8) is 0 Å². The minimum atomic E-state index is -1.18. The summed E-state index contributed by atoms with van der Waals surface area (Å²) < 4.78 is 0.186. The van der Waals surface area contributed by atoms with E-state index in [1.54, 1.807) is 20.8 Å². The molecule has 0 saturated carbocycles. The Morgan fingerprint density at radius 2 is 0.974 bits per heavy atom. The SMILES string of the molecule is CCC/C=C/CCCCCCCCCCCCCCC[N+](CC(C)C(=O)[O-])(CC(C)C(=O)O)CC(C)C(=O)O. The summed E-state index contributed by atoms with van der Waals surface area (Å²) in [5.74, 6) is -5.23. The number of carboxylic acid groups (broad SMARTS) is 3. The number of carbonyl (C=O) groups excluding carboxylic acids is 1. The molecule has 0 aliphatic rings. The van der Waals surface area contributed by atoms with Gasteiger partial charge >= 0.3 is 11.9 Å². The molecule has 7 nitrogen and oxygen atoms in total. The van der Waals surface area contributed by atoms with Gasteiger partial charge in [0.1, 0.15) is 11.8 Å². The molecule has 0 amide bonds. The van der Waals surface area contributed by atoms with Crippen LogP contribution in [0.15, 0.2) is 12.2 Å². The zero-order valence-electron chi connectivity index (χ0n) is 25.5. The third kappa shape index (κ3) is 19.8. The number of aliphatic carboxylic acids is 3. The molecule has 2 N–H and O–H groups in total. The van der Waals surface area contributed by atoms with Gasteiger partial charge in [0.2, 0.25) is 0 Å². The molecule has 0 radical (unpaired) electrons. The molecule has 0 saturated heterocycles. The highest BCUT2D eigenvalue weighted by molar-refractivity contribution is 5.70. The standard InChI is InChI=1S/C32H59NO6/c1-5-6-7-8-9-10-11-12-13-14-15-16-17-18-19-20-21-22-23-33(24-27(2)30(34)35,25-28(3)31(36)37)26-29(4)32(38)39/h7-8,27-29H,5-6,9-26H2,1-4H3,(H2-,34,35,36,37,38,39)/b8-7+. The molecular weight excluding hydrogens is 494 g/mol. The monoisotopic (exact) mass is 553 g/mol. The first-order valence-electron chi connectivity index (χ1n) is 15.7. The van der Waals surface area contributed by atoms with Gasteiger partial charge in [-0.15, -0.1) is 0 Å². The van der Waals surface area contributed by atoms with Gasteiger partial charge in [0.25, 0.3) is 0 Å². The number of rotatable bonds is 27. The Morgan fingerprint density at radius 3 is 1.36 bits per heavy atom. The van der Waals surface area contributed by atoms with Gasteiger partial charge in [0.05, 0.1) is 26.2 Å². The average molecular weight is 554 g/mol. The second-order valence-corrected chi connectivity index (χ2v) is 12.0. The van der Waals surface area contributed by atoms with E-state index in [1.807, 2.05) is 0 Å². The van der Waals surface area contributed by atoms with E-state index in [-0.39, 0.29) is 24.1 Å². The number of carbonyl (C=O) groups is 3. The second-order valence-electron chi connectivity index (χ2n) is 12.0. The molecule has 228 valence electrons. The zero-order valence-corrected chi connectivity index (χ0v) is 25.5. The van der Waals surface area contributed by atoms with E-state index >= 15 is 0 Å². The molecule has 39 heavy (non-hydrogen) atoms. The number of quaternary nitrogens is 1. The van der Waals surface area contributed by atoms with Gasteiger partial charge in [0.15, 0.2) is 0 Å². The summed E-state index contributed by atoms with van der Waals surface area (Å²) in [6, 6.07) is 0. The van der Waals surface area contributed by atoms with Gasteiger partial charge in [-0.05, 0) is 46.0 Å². The van der Waals surface area contributed by atoms with Crippen LogP contribution in [0.5, 0.6) is 0 Å². The van der Waals surface area contributed by atoms with Crippen LogP contribution in [0.1, 0.15) is 130 Å². The quantitative estimate of drug-likeness (QED) is 0.0686. The van der Waals surface area contributed by atoms with Crippen molar-refractivity contribution in [2.45, 2.75) is 130 Å². The highest BCUT2D eigenvalue weighted by Crippen LogP contribution is 2.22. The van der Waals surface area contributed by atoms with Crippen molar-refractivity contribution in [3.05, 3.63) is 12.2 Å². The predicted octanol–water partition coefficient (Wildman–Crippen LogP) is 6.45. The van der Waals surface area contributed by atoms with Gasteiger partial charge < -0.3 is 24.6 Å². The number of allylic oxidation sites excluding steroid dienone is 2. The number of nitrogens with zero attached hydrogens (tertiary/aromatic N) is 1. The third-order valence-corrected chi connectivity index (χ3v) is 7.85. The molecule has 3 atom stereocenters. The van der Waals surface area contributed by atoms with Crippen LogP contribution in [0.3, 0.4) is 0 Å². The molecule has 0 bridgehead atoms. The highest BCUT2D eigenvalue weighted by Gasteiger charge is 2.36. The Labute approximate surface area is 238 Å². The average Bonchev–Trinajstić information content (AvgIpc) is 2.87. The lowest BCUT2D eigenvalue weighted by atomic mass is 10.00. The molecule has 0 aromatic carbocycles. The van der Waals surface area contributed by atoms with Crippen molar-refractivity contribution in [1.82, 2.24) is 0 Å². The Kier molecular flexibility index (Phi) is 21.8. The summed E-state index contributed by atoms with van der Waals surface area (Å²) in [7, 11) is 0. The van der Waals surface area contributed by atoms with E-state index in [0.29, 0.717) is 6.54 Å². The van der Waals surface area contributed by atoms with E-state index in [0.717, 1.165) is 25.7 Å². The number of unbranched alkanes of at least 4 members (excludes halogenated alkanes) is 14. The molecule has 7 heteroatoms. The number of carboxylic acids is 3. The fraction of sp³-hybridized carbons (Fsp3) is 0.844. The van der Waals surface area contributed by atoms with Crippen molar-refractivity contribution in [3.8, 4) is 0 Å². The van der Waals surface area contributed by atoms with E-state index in [1.165, 1.54) is 77.0 Å². The smallest absolute Gasteiger partial charge is 0.311 e. The van der Waals surface area contributed by atoms with E-state index in [4.69, 9.17) is 0 Å². The molecular formula is C32H59NO6. The minimum Gasteiger partial charge on any atom is -0.550 e. The minimum absolute atomic E-state index is 0.186. The summed E-state index contributed by atoms with van der Waals surface area (Å²) in [6.07, 6.45) is 24.1. The maximum Gasteiger partial charge on any atom is 0.311 e. The molecule has 0 spiro atoms. The molecule has 0 aromatic rings. The lowest BCUT2D eigenvalue weighted by Gasteiger charge is -2.43. The molecule has 0 fully saturated rings. The first-order valence-corrected chi connectivity index (χ1v) is 15.7. The first kappa shape index (κ1) is 37.1. The molecule has 0 rings (SSSR count). The van der Waals surface area contributed by atoms with Crippen molar-refractivity contribution >= 4 is 17.9 Å². The lowest BCUT2D eigenvalue weighted by molar-refractivity contribution is -0.934. The van der Waals surface area contributed by atoms with Gasteiger partial charge in [-0.2, -0.15) is 0 Å². The van der Waals surface area contributed by atoms with Crippen LogP contribution in [-0.2, 0) is 14.4 Å². The summed E-state index contributed by atoms with van der Waals surface area (Å²) in [4.78, 5) is 34.7. The van der Waals surface area contributed by atoms with Crippen LogP contribution in [0.2, 0.25) is 0 Å². The van der Waals surface area contributed by atoms with Crippen molar-refractivity contribution in [2.75, 3.05) is 26.2 Å². The summed E-state index contributed by atoms with van der Waals surface area (Å²) in [5, 5.41) is 30.5. The molecule has 3 unspecified atom stereocenters. The van der Waals surface area contributed by atoms with E-state index in [2.05, 4.69) is 19.1 Å². The number of hydrogen-bond acceptors (Lipinski definition) is 4. The summed E-state index contributed by atoms with van der Waals surface area (Å²) in [5.41, 5.74) is 0. The van der Waals surface area contributed by atoms with E-state index in [9.17, 15) is 29.7 Å². The molecule has 0 aliphatic carbocycles. The Morgan fingerprint density at radius 1 is 0.615 bits per heavy atom.